The van der Waals surface area contributed by atoms with Gasteiger partial charge in [-0.25, -0.2) is 23.1 Å². The van der Waals surface area contributed by atoms with Crippen molar-refractivity contribution in [3.8, 4) is 11.1 Å². The molecule has 0 bridgehead atoms. The van der Waals surface area contributed by atoms with Gasteiger partial charge in [-0.2, -0.15) is 0 Å². The molecular formula is C10H7F3N4. The third-order valence-electron chi connectivity index (χ3n) is 2.18. The normalized spacial score (nSPS) is 10.5. The number of rotatable bonds is 1. The van der Waals surface area contributed by atoms with Gasteiger partial charge in [-0.1, -0.05) is 0 Å². The number of nitrogens with two attached hydrogens (primary N) is 2. The van der Waals surface area contributed by atoms with Crippen LogP contribution in [0.25, 0.3) is 11.1 Å². The van der Waals surface area contributed by atoms with Gasteiger partial charge in [0.05, 0.1) is 5.56 Å². The maximum Gasteiger partial charge on any atom is 0.194 e. The van der Waals surface area contributed by atoms with Crippen LogP contribution in [0.2, 0.25) is 0 Å². The molecule has 0 atom stereocenters. The van der Waals surface area contributed by atoms with E-state index in [0.29, 0.717) is 0 Å². The number of nitrogens with zero attached hydrogens (tertiary/aromatic N) is 2. The van der Waals surface area contributed by atoms with Crippen molar-refractivity contribution >= 4 is 11.6 Å². The summed E-state index contributed by atoms with van der Waals surface area (Å²) >= 11 is 0. The first-order valence-electron chi connectivity index (χ1n) is 4.51. The van der Waals surface area contributed by atoms with Crippen LogP contribution in [0.5, 0.6) is 0 Å². The number of aromatic nitrogens is 2. The molecule has 0 saturated heterocycles. The summed E-state index contributed by atoms with van der Waals surface area (Å²) < 4.78 is 38.9. The zero-order valence-electron chi connectivity index (χ0n) is 8.42. The first kappa shape index (κ1) is 11.2. The molecule has 88 valence electrons. The van der Waals surface area contributed by atoms with Crippen LogP contribution in [0.1, 0.15) is 0 Å². The SMILES string of the molecule is Nc1ncnc(N)c1-c1cc(F)c(F)c(F)c1. The van der Waals surface area contributed by atoms with Crippen molar-refractivity contribution in [3.05, 3.63) is 35.9 Å². The highest BCUT2D eigenvalue weighted by Crippen LogP contribution is 2.30. The lowest BCUT2D eigenvalue weighted by Gasteiger charge is -2.08. The lowest BCUT2D eigenvalue weighted by molar-refractivity contribution is 0.448. The Morgan fingerprint density at radius 1 is 0.882 bits per heavy atom. The van der Waals surface area contributed by atoms with Crippen molar-refractivity contribution in [2.24, 2.45) is 0 Å². The maximum atomic E-state index is 13.1. The van der Waals surface area contributed by atoms with Gasteiger partial charge in [0, 0.05) is 0 Å². The minimum Gasteiger partial charge on any atom is -0.383 e. The second-order valence-corrected chi connectivity index (χ2v) is 3.27. The van der Waals surface area contributed by atoms with Gasteiger partial charge in [0.25, 0.3) is 0 Å². The fraction of sp³-hybridized carbons (Fsp3) is 0. The zero-order chi connectivity index (χ0) is 12.6. The fourth-order valence-corrected chi connectivity index (χ4v) is 1.41. The Hall–Kier alpha value is -2.31. The Morgan fingerprint density at radius 2 is 1.35 bits per heavy atom. The van der Waals surface area contributed by atoms with E-state index in [1.165, 1.54) is 0 Å². The summed E-state index contributed by atoms with van der Waals surface area (Å²) in [5.41, 5.74) is 11.1. The molecule has 7 heteroatoms. The van der Waals surface area contributed by atoms with Crippen molar-refractivity contribution in [2.75, 3.05) is 11.5 Å². The Kier molecular flexibility index (Phi) is 2.58. The third-order valence-corrected chi connectivity index (χ3v) is 2.18. The molecule has 1 aromatic heterocycles. The molecule has 0 aliphatic heterocycles. The number of hydrogen-bond donors (Lipinski definition) is 2. The predicted molar refractivity (Wildman–Crippen MR) is 56.2 cm³/mol. The van der Waals surface area contributed by atoms with Gasteiger partial charge >= 0.3 is 0 Å². The molecular weight excluding hydrogens is 233 g/mol. The van der Waals surface area contributed by atoms with Crippen LogP contribution in [0.3, 0.4) is 0 Å². The topological polar surface area (TPSA) is 77.8 Å². The molecule has 1 aromatic carbocycles. The summed E-state index contributed by atoms with van der Waals surface area (Å²) in [6.45, 7) is 0. The molecule has 0 radical (unpaired) electrons. The number of hydrogen-bond acceptors (Lipinski definition) is 4. The second kappa shape index (κ2) is 3.93. The van der Waals surface area contributed by atoms with Gasteiger partial charge < -0.3 is 11.5 Å². The van der Waals surface area contributed by atoms with Crippen LogP contribution in [-0.2, 0) is 0 Å². The van der Waals surface area contributed by atoms with Crippen molar-refractivity contribution in [1.29, 1.82) is 0 Å². The standard InChI is InChI=1S/C10H7F3N4/c11-5-1-4(2-6(12)8(5)13)7-9(14)16-3-17-10(7)15/h1-3H,(H4,14,15,16,17). The number of halogens is 3. The quantitative estimate of drug-likeness (QED) is 0.744. The van der Waals surface area contributed by atoms with Crippen LogP contribution in [-0.4, -0.2) is 9.97 Å². The summed E-state index contributed by atoms with van der Waals surface area (Å²) in [5, 5.41) is 0. The van der Waals surface area contributed by atoms with Crippen molar-refractivity contribution < 1.29 is 13.2 Å². The van der Waals surface area contributed by atoms with Crippen molar-refractivity contribution in [2.45, 2.75) is 0 Å². The van der Waals surface area contributed by atoms with E-state index in [4.69, 9.17) is 11.5 Å². The molecule has 0 saturated carbocycles. The molecule has 0 amide bonds. The van der Waals surface area contributed by atoms with Crippen LogP contribution in [0, 0.1) is 17.5 Å². The summed E-state index contributed by atoms with van der Waals surface area (Å²) in [7, 11) is 0. The molecule has 0 fully saturated rings. The minimum absolute atomic E-state index is 0.0167. The zero-order valence-corrected chi connectivity index (χ0v) is 8.42. The van der Waals surface area contributed by atoms with E-state index < -0.39 is 17.5 Å². The molecule has 17 heavy (non-hydrogen) atoms. The van der Waals surface area contributed by atoms with E-state index in [-0.39, 0.29) is 22.8 Å². The number of nitrogen functional groups attached to an aromatic ring is 2. The molecule has 2 aromatic rings. The van der Waals surface area contributed by atoms with Gasteiger partial charge in [-0.3, -0.25) is 0 Å². The molecule has 2 rings (SSSR count). The first-order valence-corrected chi connectivity index (χ1v) is 4.51. The summed E-state index contributed by atoms with van der Waals surface area (Å²) in [6.07, 6.45) is 1.12. The molecule has 0 unspecified atom stereocenters. The Labute approximate surface area is 94.1 Å². The summed E-state index contributed by atoms with van der Waals surface area (Å²) in [6, 6.07) is 1.56. The second-order valence-electron chi connectivity index (χ2n) is 3.27. The average molecular weight is 240 g/mol. The summed E-state index contributed by atoms with van der Waals surface area (Å²) in [4.78, 5) is 7.29. The monoisotopic (exact) mass is 240 g/mol. The van der Waals surface area contributed by atoms with E-state index in [2.05, 4.69) is 9.97 Å². The Balaban J connectivity index is 2.69. The van der Waals surface area contributed by atoms with Crippen LogP contribution < -0.4 is 11.5 Å². The van der Waals surface area contributed by atoms with E-state index in [1.54, 1.807) is 0 Å². The van der Waals surface area contributed by atoms with Crippen LogP contribution in [0.4, 0.5) is 24.8 Å². The van der Waals surface area contributed by atoms with Crippen LogP contribution in [0.15, 0.2) is 18.5 Å². The molecule has 1 heterocycles. The highest BCUT2D eigenvalue weighted by atomic mass is 19.2. The minimum atomic E-state index is -1.55. The predicted octanol–water partition coefficient (Wildman–Crippen LogP) is 1.73. The van der Waals surface area contributed by atoms with E-state index in [0.717, 1.165) is 18.5 Å². The summed E-state index contributed by atoms with van der Waals surface area (Å²) in [5.74, 6) is -4.29. The Bertz CT molecular complexity index is 543. The van der Waals surface area contributed by atoms with Crippen molar-refractivity contribution in [3.63, 3.8) is 0 Å². The van der Waals surface area contributed by atoms with E-state index in [9.17, 15) is 13.2 Å². The molecule has 4 N–H and O–H groups in total. The third kappa shape index (κ3) is 1.86. The first-order chi connectivity index (χ1) is 8.00. The lowest BCUT2D eigenvalue weighted by atomic mass is 10.1. The van der Waals surface area contributed by atoms with Gasteiger partial charge in [0.2, 0.25) is 0 Å². The molecule has 0 aliphatic rings. The maximum absolute atomic E-state index is 13.1. The number of benzene rings is 1. The average Bonchev–Trinajstić information content (AvgIpc) is 2.25. The lowest BCUT2D eigenvalue weighted by Crippen LogP contribution is -2.02. The molecule has 0 spiro atoms. The smallest absolute Gasteiger partial charge is 0.194 e. The Morgan fingerprint density at radius 3 is 1.82 bits per heavy atom. The largest absolute Gasteiger partial charge is 0.383 e. The van der Waals surface area contributed by atoms with E-state index in [1.807, 2.05) is 0 Å². The van der Waals surface area contributed by atoms with Gasteiger partial charge in [-0.15, -0.1) is 0 Å². The van der Waals surface area contributed by atoms with Gasteiger partial charge in [0.15, 0.2) is 17.5 Å². The van der Waals surface area contributed by atoms with Crippen molar-refractivity contribution in [1.82, 2.24) is 9.97 Å². The van der Waals surface area contributed by atoms with Gasteiger partial charge in [-0.05, 0) is 17.7 Å². The highest BCUT2D eigenvalue weighted by molar-refractivity contribution is 5.82. The highest BCUT2D eigenvalue weighted by Gasteiger charge is 2.15. The number of anilines is 2. The van der Waals surface area contributed by atoms with E-state index >= 15 is 0 Å². The van der Waals surface area contributed by atoms with Gasteiger partial charge in [0.1, 0.15) is 18.0 Å². The fourth-order valence-electron chi connectivity index (χ4n) is 1.41. The molecule has 4 nitrogen and oxygen atoms in total. The van der Waals surface area contributed by atoms with Crippen LogP contribution >= 0.6 is 0 Å². The molecule has 0 aliphatic carbocycles.